The predicted molar refractivity (Wildman–Crippen MR) is 87.8 cm³/mol. The topological polar surface area (TPSA) is 44.1 Å². The smallest absolute Gasteiger partial charge is 0.246 e. The molecule has 0 bridgehead atoms. The summed E-state index contributed by atoms with van der Waals surface area (Å²) < 4.78 is 0. The van der Waals surface area contributed by atoms with Gasteiger partial charge < -0.3 is 4.90 Å². The van der Waals surface area contributed by atoms with E-state index in [9.17, 15) is 4.79 Å². The van der Waals surface area contributed by atoms with Crippen molar-refractivity contribution in [3.05, 3.63) is 77.4 Å². The summed E-state index contributed by atoms with van der Waals surface area (Å²) in [4.78, 5) is 13.9. The third-order valence-corrected chi connectivity index (χ3v) is 3.67. The molecule has 22 heavy (non-hydrogen) atoms. The summed E-state index contributed by atoms with van der Waals surface area (Å²) in [5.74, 6) is -0.0549. The van der Waals surface area contributed by atoms with E-state index in [1.165, 1.54) is 0 Å². The molecule has 0 radical (unpaired) electrons. The van der Waals surface area contributed by atoms with E-state index >= 15 is 0 Å². The van der Waals surface area contributed by atoms with Crippen molar-refractivity contribution in [2.45, 2.75) is 13.0 Å². The molecule has 0 aliphatic carbocycles. The molecule has 0 aromatic heterocycles. The van der Waals surface area contributed by atoms with Crippen LogP contribution in [0.15, 0.2) is 60.7 Å². The van der Waals surface area contributed by atoms with E-state index in [0.29, 0.717) is 5.56 Å². The maximum Gasteiger partial charge on any atom is 0.246 e. The van der Waals surface area contributed by atoms with Crippen molar-refractivity contribution in [3.63, 3.8) is 0 Å². The molecule has 3 nitrogen and oxygen atoms in total. The largest absolute Gasteiger partial charge is 0.335 e. The zero-order chi connectivity index (χ0) is 15.9. The normalized spacial score (nSPS) is 11.9. The number of nitrogens with zero attached hydrogens (tertiary/aromatic N) is 2. The molecule has 0 aliphatic heterocycles. The van der Waals surface area contributed by atoms with Crippen LogP contribution in [0.25, 0.3) is 6.08 Å². The van der Waals surface area contributed by atoms with Gasteiger partial charge in [0.1, 0.15) is 0 Å². The van der Waals surface area contributed by atoms with Crippen LogP contribution < -0.4 is 0 Å². The second-order valence-corrected chi connectivity index (χ2v) is 5.10. The molecule has 0 spiro atoms. The number of hydrogen-bond donors (Lipinski definition) is 0. The number of nitriles is 1. The highest BCUT2D eigenvalue weighted by molar-refractivity contribution is 5.91. The van der Waals surface area contributed by atoms with Gasteiger partial charge in [-0.3, -0.25) is 4.79 Å². The fraction of sp³-hybridized carbons (Fsp3) is 0.158. The summed E-state index contributed by atoms with van der Waals surface area (Å²) in [7, 11) is 1.79. The van der Waals surface area contributed by atoms with Crippen LogP contribution in [-0.2, 0) is 4.79 Å². The van der Waals surface area contributed by atoms with E-state index in [1.54, 1.807) is 36.2 Å². The van der Waals surface area contributed by atoms with Crippen molar-refractivity contribution in [2.75, 3.05) is 7.05 Å². The first-order chi connectivity index (χ1) is 10.6. The average molecular weight is 290 g/mol. The van der Waals surface area contributed by atoms with Crippen LogP contribution in [0.1, 0.15) is 29.7 Å². The number of hydrogen-bond acceptors (Lipinski definition) is 2. The molecule has 2 rings (SSSR count). The van der Waals surface area contributed by atoms with Crippen LogP contribution in [0.3, 0.4) is 0 Å². The number of carbonyl (C=O) groups is 1. The third-order valence-electron chi connectivity index (χ3n) is 3.67. The van der Waals surface area contributed by atoms with Crippen molar-refractivity contribution < 1.29 is 4.79 Å². The molecule has 3 heteroatoms. The monoisotopic (exact) mass is 290 g/mol. The molecule has 0 aliphatic rings. The Morgan fingerprint density at radius 3 is 2.36 bits per heavy atom. The second kappa shape index (κ2) is 7.24. The Morgan fingerprint density at radius 1 is 1.14 bits per heavy atom. The first-order valence-electron chi connectivity index (χ1n) is 7.12. The molecule has 1 unspecified atom stereocenters. The summed E-state index contributed by atoms with van der Waals surface area (Å²) >= 11 is 0. The zero-order valence-electron chi connectivity index (χ0n) is 12.7. The molecule has 2 aromatic rings. The molecule has 0 N–H and O–H groups in total. The van der Waals surface area contributed by atoms with Crippen LogP contribution in [0.4, 0.5) is 0 Å². The van der Waals surface area contributed by atoms with E-state index in [-0.39, 0.29) is 11.9 Å². The molecule has 110 valence electrons. The van der Waals surface area contributed by atoms with E-state index in [2.05, 4.69) is 6.07 Å². The Labute approximate surface area is 131 Å². The minimum atomic E-state index is -0.0549. The minimum absolute atomic E-state index is 0.0133. The highest BCUT2D eigenvalue weighted by Crippen LogP contribution is 2.18. The van der Waals surface area contributed by atoms with Crippen LogP contribution >= 0.6 is 0 Å². The molecular formula is C19H18N2O. The Balaban J connectivity index is 2.04. The van der Waals surface area contributed by atoms with Gasteiger partial charge >= 0.3 is 0 Å². The number of amides is 1. The van der Waals surface area contributed by atoms with Gasteiger partial charge in [0.2, 0.25) is 5.91 Å². The number of carbonyl (C=O) groups excluding carboxylic acids is 1. The fourth-order valence-corrected chi connectivity index (χ4v) is 2.10. The van der Waals surface area contributed by atoms with E-state index < -0.39 is 0 Å². The maximum atomic E-state index is 12.2. The molecule has 2 aromatic carbocycles. The summed E-state index contributed by atoms with van der Waals surface area (Å²) in [6.07, 6.45) is 3.32. The van der Waals surface area contributed by atoms with Crippen LogP contribution in [0.5, 0.6) is 0 Å². The van der Waals surface area contributed by atoms with Crippen molar-refractivity contribution in [1.29, 1.82) is 5.26 Å². The van der Waals surface area contributed by atoms with Gasteiger partial charge in [0, 0.05) is 13.1 Å². The Hall–Kier alpha value is -2.86. The summed E-state index contributed by atoms with van der Waals surface area (Å²) in [5, 5.41) is 8.76. The minimum Gasteiger partial charge on any atom is -0.335 e. The summed E-state index contributed by atoms with van der Waals surface area (Å²) in [6.45, 7) is 2.00. The first-order valence-corrected chi connectivity index (χ1v) is 7.12. The summed E-state index contributed by atoms with van der Waals surface area (Å²) in [5.41, 5.74) is 2.61. The van der Waals surface area contributed by atoms with Gasteiger partial charge in [-0.2, -0.15) is 5.26 Å². The second-order valence-electron chi connectivity index (χ2n) is 5.10. The Morgan fingerprint density at radius 2 is 1.77 bits per heavy atom. The standard InChI is InChI=1S/C19H18N2O/c1-15(18-6-4-3-5-7-18)21(2)19(22)13-12-16-8-10-17(14-20)11-9-16/h3-13,15H,1-2H3. The van der Waals surface area contributed by atoms with Gasteiger partial charge in [-0.15, -0.1) is 0 Å². The lowest BCUT2D eigenvalue weighted by Crippen LogP contribution is -2.27. The lowest BCUT2D eigenvalue weighted by atomic mass is 10.1. The quantitative estimate of drug-likeness (QED) is 0.804. The Bertz CT molecular complexity index is 696. The molecular weight excluding hydrogens is 272 g/mol. The van der Waals surface area contributed by atoms with Gasteiger partial charge in [0.05, 0.1) is 17.7 Å². The van der Waals surface area contributed by atoms with Gasteiger partial charge in [-0.05, 0) is 36.3 Å². The highest BCUT2D eigenvalue weighted by atomic mass is 16.2. The van der Waals surface area contributed by atoms with Crippen molar-refractivity contribution in [2.24, 2.45) is 0 Å². The summed E-state index contributed by atoms with van der Waals surface area (Å²) in [6, 6.07) is 19.1. The molecule has 0 saturated heterocycles. The SMILES string of the molecule is CC(c1ccccc1)N(C)C(=O)C=Cc1ccc(C#N)cc1. The lowest BCUT2D eigenvalue weighted by Gasteiger charge is -2.24. The molecule has 0 fully saturated rings. The first kappa shape index (κ1) is 15.5. The fourth-order valence-electron chi connectivity index (χ4n) is 2.10. The van der Waals surface area contributed by atoms with Crippen molar-refractivity contribution >= 4 is 12.0 Å². The number of benzene rings is 2. The molecule has 1 atom stereocenters. The van der Waals surface area contributed by atoms with E-state index in [0.717, 1.165) is 11.1 Å². The van der Waals surface area contributed by atoms with Crippen LogP contribution in [-0.4, -0.2) is 17.9 Å². The average Bonchev–Trinajstić information content (AvgIpc) is 2.59. The lowest BCUT2D eigenvalue weighted by molar-refractivity contribution is -0.126. The predicted octanol–water partition coefficient (Wildman–Crippen LogP) is 3.79. The van der Waals surface area contributed by atoms with Gasteiger partial charge in [-0.1, -0.05) is 42.5 Å². The van der Waals surface area contributed by atoms with Gasteiger partial charge in [0.15, 0.2) is 0 Å². The molecule has 0 saturated carbocycles. The van der Waals surface area contributed by atoms with Crippen molar-refractivity contribution in [1.82, 2.24) is 4.90 Å². The van der Waals surface area contributed by atoms with Crippen LogP contribution in [0.2, 0.25) is 0 Å². The zero-order valence-corrected chi connectivity index (χ0v) is 12.7. The van der Waals surface area contributed by atoms with E-state index in [4.69, 9.17) is 5.26 Å². The molecule has 1 amide bonds. The molecule has 0 heterocycles. The maximum absolute atomic E-state index is 12.2. The highest BCUT2D eigenvalue weighted by Gasteiger charge is 2.14. The van der Waals surface area contributed by atoms with Crippen molar-refractivity contribution in [3.8, 4) is 6.07 Å². The Kier molecular flexibility index (Phi) is 5.11. The van der Waals surface area contributed by atoms with Gasteiger partial charge in [-0.25, -0.2) is 0 Å². The number of likely N-dealkylation sites (N-methyl/N-ethyl adjacent to an activating group) is 1. The van der Waals surface area contributed by atoms with Gasteiger partial charge in [0.25, 0.3) is 0 Å². The van der Waals surface area contributed by atoms with Crippen LogP contribution in [0, 0.1) is 11.3 Å². The number of rotatable bonds is 4. The third kappa shape index (κ3) is 3.83. The van der Waals surface area contributed by atoms with E-state index in [1.807, 2.05) is 49.4 Å².